The Hall–Kier alpha value is 0.129. The standard InChI is InChI=1S/C8H12.Ir/c1-2-4-6-8-7-5-3-1;/h1-4H,5-8H2;. The van der Waals surface area contributed by atoms with Crippen LogP contribution in [0, 0.1) is 0 Å². The first-order valence-corrected chi connectivity index (χ1v) is 3.32. The van der Waals surface area contributed by atoms with Crippen LogP contribution in [0.15, 0.2) is 24.3 Å². The molecule has 1 heteroatoms. The second kappa shape index (κ2) is 6.25. The minimum absolute atomic E-state index is 0. The summed E-state index contributed by atoms with van der Waals surface area (Å²) in [5, 5.41) is 0. The molecule has 9 heavy (non-hydrogen) atoms. The van der Waals surface area contributed by atoms with Crippen LogP contribution in [0.4, 0.5) is 0 Å². The van der Waals surface area contributed by atoms with E-state index in [1.807, 2.05) is 0 Å². The SMILES string of the molecule is C1=CCCCCC=C1.[Ir]. The summed E-state index contributed by atoms with van der Waals surface area (Å²) in [6, 6.07) is 0. The van der Waals surface area contributed by atoms with Crippen LogP contribution in [-0.2, 0) is 20.1 Å². The Morgan fingerprint density at radius 3 is 1.67 bits per heavy atom. The third-order valence-electron chi connectivity index (χ3n) is 1.37. The van der Waals surface area contributed by atoms with Gasteiger partial charge in [-0.3, -0.25) is 0 Å². The van der Waals surface area contributed by atoms with Gasteiger partial charge in [0.25, 0.3) is 0 Å². The summed E-state index contributed by atoms with van der Waals surface area (Å²) in [5.74, 6) is 0. The number of hydrogen-bond donors (Lipinski definition) is 0. The fourth-order valence-electron chi connectivity index (χ4n) is 0.874. The first kappa shape index (κ1) is 9.13. The first-order valence-electron chi connectivity index (χ1n) is 3.32. The Morgan fingerprint density at radius 1 is 0.778 bits per heavy atom. The molecule has 0 aromatic rings. The minimum atomic E-state index is 0. The Morgan fingerprint density at radius 2 is 1.22 bits per heavy atom. The Kier molecular flexibility index (Phi) is 6.34. The molecule has 0 N–H and O–H groups in total. The van der Waals surface area contributed by atoms with Gasteiger partial charge in [0.2, 0.25) is 0 Å². The Balaban J connectivity index is 0.000000640. The van der Waals surface area contributed by atoms with E-state index >= 15 is 0 Å². The zero-order valence-electron chi connectivity index (χ0n) is 5.47. The summed E-state index contributed by atoms with van der Waals surface area (Å²) in [6.45, 7) is 0. The van der Waals surface area contributed by atoms with Crippen LogP contribution in [0.3, 0.4) is 0 Å². The first-order chi connectivity index (χ1) is 4.00. The van der Waals surface area contributed by atoms with Crippen LogP contribution in [0.5, 0.6) is 0 Å². The largest absolute Gasteiger partial charge is 0.0845 e. The third kappa shape index (κ3) is 4.62. The molecule has 1 aliphatic rings. The summed E-state index contributed by atoms with van der Waals surface area (Å²) < 4.78 is 0. The van der Waals surface area contributed by atoms with Gasteiger partial charge < -0.3 is 0 Å². The van der Waals surface area contributed by atoms with Gasteiger partial charge in [0, 0.05) is 20.1 Å². The average Bonchev–Trinajstić information content (AvgIpc) is 1.62. The molecule has 0 aliphatic heterocycles. The zero-order chi connectivity index (χ0) is 5.66. The summed E-state index contributed by atoms with van der Waals surface area (Å²) in [6.07, 6.45) is 14.0. The number of hydrogen-bond acceptors (Lipinski definition) is 0. The van der Waals surface area contributed by atoms with Crippen molar-refractivity contribution in [1.29, 1.82) is 0 Å². The predicted molar refractivity (Wildman–Crippen MR) is 36.7 cm³/mol. The second-order valence-electron chi connectivity index (χ2n) is 2.14. The van der Waals surface area contributed by atoms with Gasteiger partial charge in [0.05, 0.1) is 0 Å². The van der Waals surface area contributed by atoms with Crippen molar-refractivity contribution in [2.24, 2.45) is 0 Å². The molecule has 0 aromatic heterocycles. The molecule has 0 saturated heterocycles. The van der Waals surface area contributed by atoms with Gasteiger partial charge in [-0.05, 0) is 25.7 Å². The van der Waals surface area contributed by atoms with E-state index in [-0.39, 0.29) is 20.1 Å². The van der Waals surface area contributed by atoms with Crippen molar-refractivity contribution in [1.82, 2.24) is 0 Å². The van der Waals surface area contributed by atoms with E-state index in [1.165, 1.54) is 25.7 Å². The van der Waals surface area contributed by atoms with Gasteiger partial charge in [0.15, 0.2) is 0 Å². The van der Waals surface area contributed by atoms with Gasteiger partial charge in [-0.15, -0.1) is 0 Å². The molecular formula is C8H12Ir. The van der Waals surface area contributed by atoms with Crippen molar-refractivity contribution < 1.29 is 20.1 Å². The second-order valence-corrected chi connectivity index (χ2v) is 2.14. The van der Waals surface area contributed by atoms with Crippen molar-refractivity contribution in [2.75, 3.05) is 0 Å². The maximum atomic E-state index is 2.23. The van der Waals surface area contributed by atoms with E-state index < -0.39 is 0 Å². The van der Waals surface area contributed by atoms with E-state index in [0.29, 0.717) is 0 Å². The molecule has 0 spiro atoms. The topological polar surface area (TPSA) is 0 Å². The van der Waals surface area contributed by atoms with Crippen molar-refractivity contribution in [3.8, 4) is 0 Å². The van der Waals surface area contributed by atoms with E-state index in [0.717, 1.165) is 0 Å². The average molecular weight is 300 g/mol. The molecule has 0 unspecified atom stereocenters. The van der Waals surface area contributed by atoms with Crippen molar-refractivity contribution >= 4 is 0 Å². The van der Waals surface area contributed by atoms with Crippen LogP contribution < -0.4 is 0 Å². The quantitative estimate of drug-likeness (QED) is 0.645. The fraction of sp³-hybridized carbons (Fsp3) is 0.500. The summed E-state index contributed by atoms with van der Waals surface area (Å²) in [4.78, 5) is 0. The fourth-order valence-corrected chi connectivity index (χ4v) is 0.874. The van der Waals surface area contributed by atoms with Crippen LogP contribution in [0.1, 0.15) is 25.7 Å². The van der Waals surface area contributed by atoms with Gasteiger partial charge in [-0.1, -0.05) is 24.3 Å². The molecule has 0 aromatic carbocycles. The Bertz CT molecular complexity index is 89.1. The molecule has 0 saturated carbocycles. The molecular weight excluding hydrogens is 288 g/mol. The van der Waals surface area contributed by atoms with E-state index in [2.05, 4.69) is 24.3 Å². The van der Waals surface area contributed by atoms with Gasteiger partial charge >= 0.3 is 0 Å². The van der Waals surface area contributed by atoms with Crippen LogP contribution in [-0.4, -0.2) is 0 Å². The normalized spacial score (nSPS) is 17.8. The van der Waals surface area contributed by atoms with Crippen molar-refractivity contribution in [3.63, 3.8) is 0 Å². The van der Waals surface area contributed by atoms with Crippen molar-refractivity contribution in [2.45, 2.75) is 25.7 Å². The molecule has 53 valence electrons. The van der Waals surface area contributed by atoms with Gasteiger partial charge in [-0.25, -0.2) is 0 Å². The number of rotatable bonds is 0. The summed E-state index contributed by atoms with van der Waals surface area (Å²) >= 11 is 0. The molecule has 0 heterocycles. The summed E-state index contributed by atoms with van der Waals surface area (Å²) in [7, 11) is 0. The molecule has 1 rings (SSSR count). The van der Waals surface area contributed by atoms with E-state index in [4.69, 9.17) is 0 Å². The molecule has 0 bridgehead atoms. The Labute approximate surface area is 70.4 Å². The van der Waals surface area contributed by atoms with Crippen LogP contribution in [0.2, 0.25) is 0 Å². The van der Waals surface area contributed by atoms with Gasteiger partial charge in [-0.2, -0.15) is 0 Å². The molecule has 1 radical (unpaired) electrons. The van der Waals surface area contributed by atoms with E-state index in [9.17, 15) is 0 Å². The molecule has 0 amide bonds. The summed E-state index contributed by atoms with van der Waals surface area (Å²) in [5.41, 5.74) is 0. The third-order valence-corrected chi connectivity index (χ3v) is 1.37. The monoisotopic (exact) mass is 301 g/mol. The zero-order valence-corrected chi connectivity index (χ0v) is 7.87. The maximum Gasteiger partial charge on any atom is 0 e. The predicted octanol–water partition coefficient (Wildman–Crippen LogP) is 2.67. The smallest absolute Gasteiger partial charge is 0 e. The van der Waals surface area contributed by atoms with Crippen LogP contribution >= 0.6 is 0 Å². The minimum Gasteiger partial charge on any atom is -0.0845 e. The van der Waals surface area contributed by atoms with Gasteiger partial charge in [0.1, 0.15) is 0 Å². The van der Waals surface area contributed by atoms with Crippen molar-refractivity contribution in [3.05, 3.63) is 24.3 Å². The maximum absolute atomic E-state index is 2.23. The molecule has 0 fully saturated rings. The number of allylic oxidation sites excluding steroid dienone is 4. The molecule has 0 nitrogen and oxygen atoms in total. The van der Waals surface area contributed by atoms with E-state index in [1.54, 1.807) is 0 Å². The van der Waals surface area contributed by atoms with Crippen LogP contribution in [0.25, 0.3) is 0 Å². The molecule has 1 aliphatic carbocycles. The molecule has 0 atom stereocenters.